The molecule has 0 aromatic rings. The first kappa shape index (κ1) is 13.6. The molecular weight excluding hydrogens is 260 g/mol. The van der Waals surface area contributed by atoms with Crippen molar-refractivity contribution in [2.24, 2.45) is 0 Å². The molecule has 0 radical (unpaired) electrons. The SMILES string of the molecule is CC1=C(N2CCOC3(CCNCC3)CC2=O)COC1=O. The van der Waals surface area contributed by atoms with Crippen molar-refractivity contribution in [3.63, 3.8) is 0 Å². The number of rotatable bonds is 1. The molecule has 6 heteroatoms. The van der Waals surface area contributed by atoms with Gasteiger partial charge in [0.25, 0.3) is 0 Å². The van der Waals surface area contributed by atoms with Crippen molar-refractivity contribution in [1.82, 2.24) is 10.2 Å². The third-order valence-electron chi connectivity index (χ3n) is 4.42. The predicted octanol–water partition coefficient (Wildman–Crippen LogP) is 0.188. The van der Waals surface area contributed by atoms with E-state index in [9.17, 15) is 9.59 Å². The molecule has 20 heavy (non-hydrogen) atoms. The minimum absolute atomic E-state index is 0.0389. The van der Waals surface area contributed by atoms with Crippen LogP contribution in [0, 0.1) is 0 Å². The van der Waals surface area contributed by atoms with Crippen LogP contribution in [0.3, 0.4) is 0 Å². The highest BCUT2D eigenvalue weighted by Crippen LogP contribution is 2.32. The lowest BCUT2D eigenvalue weighted by atomic mass is 9.88. The number of hydrogen-bond donors (Lipinski definition) is 1. The molecule has 0 atom stereocenters. The Labute approximate surface area is 118 Å². The average molecular weight is 280 g/mol. The quantitative estimate of drug-likeness (QED) is 0.694. The first-order valence-electron chi connectivity index (χ1n) is 7.13. The van der Waals surface area contributed by atoms with E-state index in [1.165, 1.54) is 0 Å². The predicted molar refractivity (Wildman–Crippen MR) is 70.8 cm³/mol. The second kappa shape index (κ2) is 5.18. The standard InChI is InChI=1S/C14H20N2O4/c1-10-11(9-19-13(10)18)16-6-7-20-14(8-12(16)17)2-4-15-5-3-14/h15H,2-9H2,1H3. The molecule has 3 aliphatic rings. The van der Waals surface area contributed by atoms with Gasteiger partial charge in [0.2, 0.25) is 5.91 Å². The lowest BCUT2D eigenvalue weighted by Crippen LogP contribution is -2.45. The van der Waals surface area contributed by atoms with Crippen LogP contribution in [0.5, 0.6) is 0 Å². The number of piperidine rings is 1. The highest BCUT2D eigenvalue weighted by atomic mass is 16.5. The molecule has 0 aromatic carbocycles. The van der Waals surface area contributed by atoms with Crippen LogP contribution >= 0.6 is 0 Å². The normalized spacial score (nSPS) is 26.9. The maximum atomic E-state index is 12.6. The summed E-state index contributed by atoms with van der Waals surface area (Å²) in [5.41, 5.74) is 0.920. The largest absolute Gasteiger partial charge is 0.456 e. The minimum atomic E-state index is -0.324. The van der Waals surface area contributed by atoms with E-state index in [1.807, 2.05) is 0 Å². The second-order valence-corrected chi connectivity index (χ2v) is 5.65. The molecule has 2 fully saturated rings. The van der Waals surface area contributed by atoms with Gasteiger partial charge in [-0.15, -0.1) is 0 Å². The highest BCUT2D eigenvalue weighted by molar-refractivity contribution is 5.92. The maximum Gasteiger partial charge on any atom is 0.336 e. The van der Waals surface area contributed by atoms with Crippen LogP contribution in [0.15, 0.2) is 11.3 Å². The third kappa shape index (κ3) is 2.33. The monoisotopic (exact) mass is 280 g/mol. The topological polar surface area (TPSA) is 67.9 Å². The Morgan fingerprint density at radius 1 is 1.25 bits per heavy atom. The summed E-state index contributed by atoms with van der Waals surface area (Å²) in [7, 11) is 0. The minimum Gasteiger partial charge on any atom is -0.456 e. The Bertz CT molecular complexity index is 466. The number of hydrogen-bond acceptors (Lipinski definition) is 5. The van der Waals surface area contributed by atoms with Crippen molar-refractivity contribution in [3.05, 3.63) is 11.3 Å². The number of carbonyl (C=O) groups excluding carboxylic acids is 2. The summed E-state index contributed by atoms with van der Waals surface area (Å²) in [5, 5.41) is 3.29. The van der Waals surface area contributed by atoms with Gasteiger partial charge in [0.05, 0.1) is 29.9 Å². The van der Waals surface area contributed by atoms with Gasteiger partial charge < -0.3 is 19.7 Å². The Balaban J connectivity index is 1.79. The number of carbonyl (C=O) groups is 2. The van der Waals surface area contributed by atoms with Gasteiger partial charge in [-0.2, -0.15) is 0 Å². The summed E-state index contributed by atoms with van der Waals surface area (Å²) in [5.74, 6) is -0.286. The molecule has 2 saturated heterocycles. The summed E-state index contributed by atoms with van der Waals surface area (Å²) in [6, 6.07) is 0. The number of ether oxygens (including phenoxy) is 2. The van der Waals surface area contributed by atoms with Crippen molar-refractivity contribution >= 4 is 11.9 Å². The lowest BCUT2D eigenvalue weighted by Gasteiger charge is -2.35. The van der Waals surface area contributed by atoms with Crippen molar-refractivity contribution in [1.29, 1.82) is 0 Å². The average Bonchev–Trinajstić information content (AvgIpc) is 2.67. The zero-order valence-corrected chi connectivity index (χ0v) is 11.7. The summed E-state index contributed by atoms with van der Waals surface area (Å²) < 4.78 is 11.0. The van der Waals surface area contributed by atoms with Crippen LogP contribution in [0.25, 0.3) is 0 Å². The summed E-state index contributed by atoms with van der Waals surface area (Å²) in [6.45, 7) is 4.69. The summed E-state index contributed by atoms with van der Waals surface area (Å²) in [4.78, 5) is 25.7. The second-order valence-electron chi connectivity index (χ2n) is 5.65. The van der Waals surface area contributed by atoms with Crippen molar-refractivity contribution in [3.8, 4) is 0 Å². The molecule has 1 amide bonds. The van der Waals surface area contributed by atoms with Crippen LogP contribution < -0.4 is 5.32 Å². The molecule has 1 N–H and O–H groups in total. The van der Waals surface area contributed by atoms with Gasteiger partial charge in [-0.05, 0) is 32.9 Å². The maximum absolute atomic E-state index is 12.6. The van der Waals surface area contributed by atoms with E-state index in [4.69, 9.17) is 9.47 Å². The van der Waals surface area contributed by atoms with Crippen molar-refractivity contribution < 1.29 is 19.1 Å². The van der Waals surface area contributed by atoms with Crippen LogP contribution in [-0.2, 0) is 19.1 Å². The van der Waals surface area contributed by atoms with Crippen LogP contribution in [0.4, 0.5) is 0 Å². The number of nitrogens with zero attached hydrogens (tertiary/aromatic N) is 1. The van der Waals surface area contributed by atoms with E-state index in [2.05, 4.69) is 5.32 Å². The van der Waals surface area contributed by atoms with E-state index in [0.717, 1.165) is 25.9 Å². The number of nitrogens with one attached hydrogen (secondary N) is 1. The molecule has 0 aromatic heterocycles. The van der Waals surface area contributed by atoms with Crippen molar-refractivity contribution in [2.75, 3.05) is 32.8 Å². The van der Waals surface area contributed by atoms with Gasteiger partial charge >= 0.3 is 5.97 Å². The van der Waals surface area contributed by atoms with Crippen LogP contribution in [-0.4, -0.2) is 55.2 Å². The van der Waals surface area contributed by atoms with Gasteiger partial charge in [-0.1, -0.05) is 0 Å². The Hall–Kier alpha value is -1.40. The van der Waals surface area contributed by atoms with Crippen LogP contribution in [0.1, 0.15) is 26.2 Å². The van der Waals surface area contributed by atoms with Gasteiger partial charge in [-0.3, -0.25) is 4.79 Å². The third-order valence-corrected chi connectivity index (χ3v) is 4.42. The number of amides is 1. The fourth-order valence-electron chi connectivity index (χ4n) is 3.14. The molecule has 0 bridgehead atoms. The fourth-order valence-corrected chi connectivity index (χ4v) is 3.14. The van der Waals surface area contributed by atoms with E-state index in [-0.39, 0.29) is 24.1 Å². The molecule has 6 nitrogen and oxygen atoms in total. The molecule has 3 rings (SSSR count). The zero-order chi connectivity index (χ0) is 14.2. The first-order valence-corrected chi connectivity index (χ1v) is 7.13. The Morgan fingerprint density at radius 2 is 2.00 bits per heavy atom. The first-order chi connectivity index (χ1) is 9.61. The van der Waals surface area contributed by atoms with Gasteiger partial charge in [-0.25, -0.2) is 4.79 Å². The summed E-state index contributed by atoms with van der Waals surface area (Å²) in [6.07, 6.45) is 2.11. The Kier molecular flexibility index (Phi) is 3.52. The smallest absolute Gasteiger partial charge is 0.336 e. The lowest BCUT2D eigenvalue weighted by molar-refractivity contribution is -0.137. The zero-order valence-electron chi connectivity index (χ0n) is 11.7. The number of cyclic esters (lactones) is 1. The molecule has 0 aliphatic carbocycles. The van der Waals surface area contributed by atoms with E-state index in [0.29, 0.717) is 30.8 Å². The van der Waals surface area contributed by atoms with Gasteiger partial charge in [0, 0.05) is 6.54 Å². The highest BCUT2D eigenvalue weighted by Gasteiger charge is 2.40. The van der Waals surface area contributed by atoms with E-state index in [1.54, 1.807) is 11.8 Å². The summed E-state index contributed by atoms with van der Waals surface area (Å²) >= 11 is 0. The van der Waals surface area contributed by atoms with Crippen molar-refractivity contribution in [2.45, 2.75) is 31.8 Å². The molecule has 0 saturated carbocycles. The molecular formula is C14H20N2O4. The van der Waals surface area contributed by atoms with E-state index >= 15 is 0 Å². The number of esters is 1. The molecule has 0 unspecified atom stereocenters. The van der Waals surface area contributed by atoms with Crippen LogP contribution in [0.2, 0.25) is 0 Å². The molecule has 110 valence electrons. The van der Waals surface area contributed by atoms with E-state index < -0.39 is 0 Å². The van der Waals surface area contributed by atoms with Gasteiger partial charge in [0.1, 0.15) is 6.61 Å². The molecule has 3 aliphatic heterocycles. The molecule has 3 heterocycles. The fraction of sp³-hybridized carbons (Fsp3) is 0.714. The van der Waals surface area contributed by atoms with Gasteiger partial charge in [0.15, 0.2) is 0 Å². The Morgan fingerprint density at radius 3 is 2.65 bits per heavy atom. The molecule has 1 spiro atoms.